The van der Waals surface area contributed by atoms with Gasteiger partial charge in [-0.1, -0.05) is 37.5 Å². The lowest BCUT2D eigenvalue weighted by Crippen LogP contribution is -2.22. The molecule has 58 valence electrons. The van der Waals surface area contributed by atoms with Crippen LogP contribution in [0.15, 0.2) is 49.1 Å². The molecule has 11 heavy (non-hydrogen) atoms. The second-order valence-corrected chi connectivity index (χ2v) is 2.53. The molecule has 0 amide bonds. The van der Waals surface area contributed by atoms with Gasteiger partial charge in [0.05, 0.1) is 0 Å². The molecule has 0 aliphatic heterocycles. The van der Waals surface area contributed by atoms with Gasteiger partial charge in [-0.25, -0.2) is 4.39 Å². The van der Waals surface area contributed by atoms with E-state index in [2.05, 4.69) is 13.2 Å². The molecular formula is C10H11F. The maximum Gasteiger partial charge on any atom is 0.157 e. The van der Waals surface area contributed by atoms with Crippen molar-refractivity contribution in [2.45, 2.75) is 12.1 Å². The van der Waals surface area contributed by atoms with Crippen LogP contribution in [-0.2, 0) is 0 Å². The first kappa shape index (κ1) is 7.99. The van der Waals surface area contributed by atoms with Crippen molar-refractivity contribution in [1.29, 1.82) is 0 Å². The van der Waals surface area contributed by atoms with E-state index in [-0.39, 0.29) is 0 Å². The largest absolute Gasteiger partial charge is 0.234 e. The van der Waals surface area contributed by atoms with Crippen molar-refractivity contribution in [2.24, 2.45) is 0 Å². The van der Waals surface area contributed by atoms with Gasteiger partial charge in [-0.3, -0.25) is 0 Å². The summed E-state index contributed by atoms with van der Waals surface area (Å²) in [5.74, 6) is 0. The van der Waals surface area contributed by atoms with Crippen molar-refractivity contribution in [3.8, 4) is 0 Å². The molecular weight excluding hydrogens is 139 g/mol. The third-order valence-corrected chi connectivity index (χ3v) is 1.85. The monoisotopic (exact) mass is 150 g/mol. The van der Waals surface area contributed by atoms with E-state index in [1.165, 1.54) is 12.2 Å². The van der Waals surface area contributed by atoms with E-state index in [4.69, 9.17) is 0 Å². The van der Waals surface area contributed by atoms with Crippen molar-refractivity contribution < 1.29 is 4.39 Å². The highest BCUT2D eigenvalue weighted by molar-refractivity contribution is 5.39. The summed E-state index contributed by atoms with van der Waals surface area (Å²) >= 11 is 0. The van der Waals surface area contributed by atoms with Crippen LogP contribution in [0, 0.1) is 0 Å². The van der Waals surface area contributed by atoms with Crippen molar-refractivity contribution in [3.63, 3.8) is 0 Å². The maximum atomic E-state index is 13.7. The SMILES string of the molecule is C=CC1=CC=CCC1(F)C=C. The van der Waals surface area contributed by atoms with E-state index in [0.29, 0.717) is 12.0 Å². The first-order chi connectivity index (χ1) is 5.23. The third kappa shape index (κ3) is 1.32. The van der Waals surface area contributed by atoms with Crippen molar-refractivity contribution in [3.05, 3.63) is 49.1 Å². The molecule has 0 bridgehead atoms. The van der Waals surface area contributed by atoms with Crippen LogP contribution in [0.5, 0.6) is 0 Å². The lowest BCUT2D eigenvalue weighted by Gasteiger charge is -2.23. The molecule has 0 spiro atoms. The summed E-state index contributed by atoms with van der Waals surface area (Å²) in [5, 5.41) is 0. The number of hydrogen-bond acceptors (Lipinski definition) is 0. The predicted molar refractivity (Wildman–Crippen MR) is 46.1 cm³/mol. The van der Waals surface area contributed by atoms with Gasteiger partial charge in [-0.15, -0.1) is 0 Å². The molecule has 0 fully saturated rings. The van der Waals surface area contributed by atoms with E-state index in [9.17, 15) is 4.39 Å². The Kier molecular flexibility index (Phi) is 2.08. The third-order valence-electron chi connectivity index (χ3n) is 1.85. The fraction of sp³-hybridized carbons (Fsp3) is 0.200. The first-order valence-electron chi connectivity index (χ1n) is 3.55. The van der Waals surface area contributed by atoms with Crippen molar-refractivity contribution >= 4 is 0 Å². The van der Waals surface area contributed by atoms with Gasteiger partial charge in [0.2, 0.25) is 0 Å². The zero-order valence-corrected chi connectivity index (χ0v) is 6.39. The molecule has 0 N–H and O–H groups in total. The highest BCUT2D eigenvalue weighted by Gasteiger charge is 2.28. The summed E-state index contributed by atoms with van der Waals surface area (Å²) < 4.78 is 13.7. The number of halogens is 1. The Morgan fingerprint density at radius 2 is 2.27 bits per heavy atom. The fourth-order valence-electron chi connectivity index (χ4n) is 1.11. The zero-order chi connectivity index (χ0) is 8.32. The van der Waals surface area contributed by atoms with Gasteiger partial charge in [0.15, 0.2) is 5.67 Å². The van der Waals surface area contributed by atoms with Crippen molar-refractivity contribution in [2.75, 3.05) is 0 Å². The molecule has 1 heteroatoms. The lowest BCUT2D eigenvalue weighted by atomic mass is 9.88. The lowest BCUT2D eigenvalue weighted by molar-refractivity contribution is 0.287. The maximum absolute atomic E-state index is 13.7. The molecule has 1 atom stereocenters. The Hall–Kier alpha value is -1.11. The Bertz CT molecular complexity index is 235. The van der Waals surface area contributed by atoms with Crippen molar-refractivity contribution in [1.82, 2.24) is 0 Å². The first-order valence-corrected chi connectivity index (χ1v) is 3.55. The summed E-state index contributed by atoms with van der Waals surface area (Å²) in [4.78, 5) is 0. The predicted octanol–water partition coefficient (Wildman–Crippen LogP) is 2.95. The molecule has 0 heterocycles. The van der Waals surface area contributed by atoms with Gasteiger partial charge in [0.25, 0.3) is 0 Å². The molecule has 0 aromatic heterocycles. The standard InChI is InChI=1S/C10H11F/c1-3-9-7-5-6-8-10(9,11)4-2/h3-7H,1-2,8H2. The summed E-state index contributed by atoms with van der Waals surface area (Å²) in [5.41, 5.74) is -0.800. The highest BCUT2D eigenvalue weighted by Crippen LogP contribution is 2.31. The van der Waals surface area contributed by atoms with Crippen LogP contribution in [0.3, 0.4) is 0 Å². The van der Waals surface area contributed by atoms with Crippen LogP contribution >= 0.6 is 0 Å². The Labute approximate surface area is 66.4 Å². The van der Waals surface area contributed by atoms with Gasteiger partial charge < -0.3 is 0 Å². The van der Waals surface area contributed by atoms with Gasteiger partial charge >= 0.3 is 0 Å². The van der Waals surface area contributed by atoms with Crippen LogP contribution in [0.1, 0.15) is 6.42 Å². The molecule has 1 rings (SSSR count). The second-order valence-electron chi connectivity index (χ2n) is 2.53. The smallest absolute Gasteiger partial charge is 0.157 e. The van der Waals surface area contributed by atoms with E-state index >= 15 is 0 Å². The topological polar surface area (TPSA) is 0 Å². The van der Waals surface area contributed by atoms with Gasteiger partial charge in [-0.2, -0.15) is 0 Å². The average Bonchev–Trinajstić information content (AvgIpc) is 2.05. The molecule has 0 nitrogen and oxygen atoms in total. The van der Waals surface area contributed by atoms with E-state index in [0.717, 1.165) is 0 Å². The minimum Gasteiger partial charge on any atom is -0.234 e. The zero-order valence-electron chi connectivity index (χ0n) is 6.39. The summed E-state index contributed by atoms with van der Waals surface area (Å²) in [7, 11) is 0. The molecule has 1 aliphatic carbocycles. The minimum absolute atomic E-state index is 0.369. The molecule has 0 saturated heterocycles. The molecule has 0 radical (unpaired) electrons. The molecule has 0 aromatic rings. The average molecular weight is 150 g/mol. The molecule has 0 saturated carbocycles. The van der Waals surface area contributed by atoms with E-state index in [1.807, 2.05) is 6.08 Å². The van der Waals surface area contributed by atoms with Crippen LogP contribution in [0.25, 0.3) is 0 Å². The van der Waals surface area contributed by atoms with Gasteiger partial charge in [0, 0.05) is 6.42 Å². The van der Waals surface area contributed by atoms with Gasteiger partial charge in [0.1, 0.15) is 0 Å². The number of rotatable bonds is 2. The second kappa shape index (κ2) is 2.87. The van der Waals surface area contributed by atoms with Crippen LogP contribution < -0.4 is 0 Å². The summed E-state index contributed by atoms with van der Waals surface area (Å²) in [6.07, 6.45) is 8.56. The Morgan fingerprint density at radius 3 is 2.73 bits per heavy atom. The van der Waals surface area contributed by atoms with E-state index < -0.39 is 5.67 Å². The normalized spacial score (nSPS) is 29.4. The molecule has 1 aliphatic rings. The number of hydrogen-bond donors (Lipinski definition) is 0. The van der Waals surface area contributed by atoms with Crippen LogP contribution in [-0.4, -0.2) is 5.67 Å². The van der Waals surface area contributed by atoms with Crippen LogP contribution in [0.2, 0.25) is 0 Å². The summed E-state index contributed by atoms with van der Waals surface area (Å²) in [6, 6.07) is 0. The number of allylic oxidation sites excluding steroid dienone is 6. The quantitative estimate of drug-likeness (QED) is 0.531. The Balaban J connectivity index is 3.00. The highest BCUT2D eigenvalue weighted by atomic mass is 19.1. The molecule has 0 aromatic carbocycles. The minimum atomic E-state index is -1.39. The number of alkyl halides is 1. The Morgan fingerprint density at radius 1 is 1.55 bits per heavy atom. The van der Waals surface area contributed by atoms with Gasteiger partial charge in [-0.05, 0) is 11.6 Å². The summed E-state index contributed by atoms with van der Waals surface area (Å²) in [6.45, 7) is 6.99. The van der Waals surface area contributed by atoms with E-state index in [1.54, 1.807) is 12.2 Å². The molecule has 1 unspecified atom stereocenters. The fourth-order valence-corrected chi connectivity index (χ4v) is 1.11. The van der Waals surface area contributed by atoms with Crippen LogP contribution in [0.4, 0.5) is 4.39 Å².